The Hall–Kier alpha value is -2.87. The summed E-state index contributed by atoms with van der Waals surface area (Å²) in [5.41, 5.74) is 4.96. The Bertz CT molecular complexity index is 958. The molecular formula is C21H26N6O2. The van der Waals surface area contributed by atoms with Gasteiger partial charge in [0.25, 0.3) is 0 Å². The summed E-state index contributed by atoms with van der Waals surface area (Å²) in [7, 11) is 1.58. The largest absolute Gasteiger partial charge is 0.467 e. The Kier molecular flexibility index (Phi) is 5.53. The van der Waals surface area contributed by atoms with Crippen molar-refractivity contribution in [2.24, 2.45) is 0 Å². The van der Waals surface area contributed by atoms with Gasteiger partial charge in [-0.3, -0.25) is 4.90 Å². The van der Waals surface area contributed by atoms with Crippen LogP contribution < -0.4 is 4.74 Å². The molecule has 0 atom stereocenters. The van der Waals surface area contributed by atoms with E-state index in [0.717, 1.165) is 72.3 Å². The molecule has 4 heterocycles. The Balaban J connectivity index is 1.44. The summed E-state index contributed by atoms with van der Waals surface area (Å²) in [6, 6.07) is 2.51. The fourth-order valence-corrected chi connectivity index (χ4v) is 3.95. The summed E-state index contributed by atoms with van der Waals surface area (Å²) < 4.78 is 10.4. The molecule has 1 aliphatic heterocycles. The molecule has 1 fully saturated rings. The van der Waals surface area contributed by atoms with Crippen LogP contribution in [0.5, 0.6) is 6.01 Å². The highest BCUT2D eigenvalue weighted by Gasteiger charge is 2.24. The molecule has 0 amide bonds. The number of likely N-dealkylation sites (tertiary alicyclic amines) is 1. The van der Waals surface area contributed by atoms with Crippen molar-refractivity contribution < 1.29 is 9.26 Å². The van der Waals surface area contributed by atoms with Crippen LogP contribution in [0.25, 0.3) is 11.3 Å². The quantitative estimate of drug-likeness (QED) is 0.651. The summed E-state index contributed by atoms with van der Waals surface area (Å²) in [6.45, 7) is 8.70. The van der Waals surface area contributed by atoms with Gasteiger partial charge in [-0.05, 0) is 52.8 Å². The first-order chi connectivity index (χ1) is 14.0. The lowest BCUT2D eigenvalue weighted by Crippen LogP contribution is -2.32. The molecule has 0 spiro atoms. The first-order valence-electron chi connectivity index (χ1n) is 9.89. The Morgan fingerprint density at radius 1 is 1.10 bits per heavy atom. The number of ether oxygens (including phenoxy) is 1. The van der Waals surface area contributed by atoms with E-state index >= 15 is 0 Å². The van der Waals surface area contributed by atoms with Crippen LogP contribution in [0.2, 0.25) is 0 Å². The van der Waals surface area contributed by atoms with Gasteiger partial charge >= 0.3 is 6.01 Å². The smallest absolute Gasteiger partial charge is 0.316 e. The third-order valence-corrected chi connectivity index (χ3v) is 5.42. The van der Waals surface area contributed by atoms with Gasteiger partial charge in [-0.15, -0.1) is 0 Å². The van der Waals surface area contributed by atoms with E-state index in [-0.39, 0.29) is 0 Å². The van der Waals surface area contributed by atoms with Crippen LogP contribution in [0.1, 0.15) is 47.3 Å². The van der Waals surface area contributed by atoms with E-state index in [9.17, 15) is 0 Å². The minimum absolute atomic E-state index is 0.403. The van der Waals surface area contributed by atoms with Crippen LogP contribution in [-0.2, 0) is 6.54 Å². The minimum atomic E-state index is 0.403. The van der Waals surface area contributed by atoms with Gasteiger partial charge in [0.15, 0.2) is 0 Å². The average Bonchev–Trinajstić information content (AvgIpc) is 3.07. The standard InChI is InChI=1S/C21H26N6O2/c1-13-20(14(2)29-26-13)19-9-18(24-15(3)25-19)17-5-7-27(8-6-17)12-16-10-22-21(28-4)23-11-16/h9-11,17H,5-8,12H2,1-4H3. The summed E-state index contributed by atoms with van der Waals surface area (Å²) >= 11 is 0. The van der Waals surface area contributed by atoms with Gasteiger partial charge in [0.05, 0.1) is 24.1 Å². The average molecular weight is 394 g/mol. The van der Waals surface area contributed by atoms with Crippen LogP contribution >= 0.6 is 0 Å². The third kappa shape index (κ3) is 4.27. The second kappa shape index (κ2) is 8.24. The number of rotatable bonds is 5. The number of nitrogens with zero attached hydrogens (tertiary/aromatic N) is 6. The molecule has 0 aromatic carbocycles. The van der Waals surface area contributed by atoms with E-state index < -0.39 is 0 Å². The van der Waals surface area contributed by atoms with Gasteiger partial charge in [0, 0.05) is 36.1 Å². The monoisotopic (exact) mass is 394 g/mol. The highest BCUT2D eigenvalue weighted by Crippen LogP contribution is 2.31. The summed E-state index contributed by atoms with van der Waals surface area (Å²) in [4.78, 5) is 20.2. The fourth-order valence-electron chi connectivity index (χ4n) is 3.95. The van der Waals surface area contributed by atoms with Crippen molar-refractivity contribution in [3.63, 3.8) is 0 Å². The van der Waals surface area contributed by atoms with Gasteiger partial charge in [0.1, 0.15) is 11.6 Å². The van der Waals surface area contributed by atoms with Crippen molar-refractivity contribution in [2.75, 3.05) is 20.2 Å². The number of aromatic nitrogens is 5. The predicted octanol–water partition coefficient (Wildman–Crippen LogP) is 3.24. The number of hydrogen-bond acceptors (Lipinski definition) is 8. The molecule has 0 N–H and O–H groups in total. The molecule has 0 bridgehead atoms. The lowest BCUT2D eigenvalue weighted by Gasteiger charge is -2.31. The van der Waals surface area contributed by atoms with E-state index in [1.54, 1.807) is 7.11 Å². The number of piperidine rings is 1. The maximum Gasteiger partial charge on any atom is 0.316 e. The van der Waals surface area contributed by atoms with Gasteiger partial charge in [-0.25, -0.2) is 19.9 Å². The van der Waals surface area contributed by atoms with E-state index in [4.69, 9.17) is 14.2 Å². The Morgan fingerprint density at radius 2 is 1.83 bits per heavy atom. The second-order valence-electron chi connectivity index (χ2n) is 7.55. The molecule has 8 nitrogen and oxygen atoms in total. The van der Waals surface area contributed by atoms with E-state index in [1.165, 1.54) is 0 Å². The normalized spacial score (nSPS) is 15.6. The SMILES string of the molecule is COc1ncc(CN2CCC(c3cc(-c4c(C)noc4C)nc(C)n3)CC2)cn1. The molecule has 0 saturated carbocycles. The molecule has 3 aromatic heterocycles. The molecule has 4 rings (SSSR count). The third-order valence-electron chi connectivity index (χ3n) is 5.42. The topological polar surface area (TPSA) is 90.1 Å². The van der Waals surface area contributed by atoms with Crippen molar-refractivity contribution in [1.29, 1.82) is 0 Å². The van der Waals surface area contributed by atoms with E-state index in [0.29, 0.717) is 11.9 Å². The van der Waals surface area contributed by atoms with Gasteiger partial charge in [-0.1, -0.05) is 5.16 Å². The molecule has 0 unspecified atom stereocenters. The maximum atomic E-state index is 5.32. The van der Waals surface area contributed by atoms with Crippen molar-refractivity contribution in [3.05, 3.63) is 47.0 Å². The summed E-state index contributed by atoms with van der Waals surface area (Å²) in [6.07, 6.45) is 5.80. The lowest BCUT2D eigenvalue weighted by atomic mass is 9.92. The zero-order valence-electron chi connectivity index (χ0n) is 17.3. The number of methoxy groups -OCH3 is 1. The molecular weight excluding hydrogens is 368 g/mol. The van der Waals surface area contributed by atoms with E-state index in [1.807, 2.05) is 33.2 Å². The van der Waals surface area contributed by atoms with Crippen molar-refractivity contribution >= 4 is 0 Å². The molecule has 1 aliphatic rings. The Labute approximate surface area is 170 Å². The van der Waals surface area contributed by atoms with Crippen LogP contribution in [0.4, 0.5) is 0 Å². The summed E-state index contributed by atoms with van der Waals surface area (Å²) in [5, 5.41) is 4.06. The zero-order valence-corrected chi connectivity index (χ0v) is 17.3. The maximum absolute atomic E-state index is 5.32. The zero-order chi connectivity index (χ0) is 20.4. The highest BCUT2D eigenvalue weighted by atomic mass is 16.5. The first kappa shape index (κ1) is 19.4. The second-order valence-corrected chi connectivity index (χ2v) is 7.55. The van der Waals surface area contributed by atoms with Crippen molar-refractivity contribution in [3.8, 4) is 17.3 Å². The van der Waals surface area contributed by atoms with Gasteiger partial charge < -0.3 is 9.26 Å². The molecule has 152 valence electrons. The molecule has 1 saturated heterocycles. The first-order valence-corrected chi connectivity index (χ1v) is 9.89. The minimum Gasteiger partial charge on any atom is -0.467 e. The van der Waals surface area contributed by atoms with E-state index in [2.05, 4.69) is 31.1 Å². The summed E-state index contributed by atoms with van der Waals surface area (Å²) in [5.74, 6) is 2.01. The molecule has 29 heavy (non-hydrogen) atoms. The predicted molar refractivity (Wildman–Crippen MR) is 108 cm³/mol. The Morgan fingerprint density at radius 3 is 2.45 bits per heavy atom. The van der Waals surface area contributed by atoms with Crippen LogP contribution in [0, 0.1) is 20.8 Å². The molecule has 0 aliphatic carbocycles. The lowest BCUT2D eigenvalue weighted by molar-refractivity contribution is 0.202. The number of hydrogen-bond donors (Lipinski definition) is 0. The highest BCUT2D eigenvalue weighted by molar-refractivity contribution is 5.64. The molecule has 8 heteroatoms. The van der Waals surface area contributed by atoms with Crippen LogP contribution in [-0.4, -0.2) is 50.2 Å². The number of aryl methyl sites for hydroxylation is 3. The van der Waals surface area contributed by atoms with Gasteiger partial charge in [0.2, 0.25) is 0 Å². The molecule has 0 radical (unpaired) electrons. The van der Waals surface area contributed by atoms with Gasteiger partial charge in [-0.2, -0.15) is 0 Å². The van der Waals surface area contributed by atoms with Crippen LogP contribution in [0.3, 0.4) is 0 Å². The van der Waals surface area contributed by atoms with Crippen molar-refractivity contribution in [2.45, 2.75) is 46.1 Å². The van der Waals surface area contributed by atoms with Crippen molar-refractivity contribution in [1.82, 2.24) is 30.0 Å². The van der Waals surface area contributed by atoms with Crippen LogP contribution in [0.15, 0.2) is 23.0 Å². The molecule has 3 aromatic rings. The fraction of sp³-hybridized carbons (Fsp3) is 0.476.